The topological polar surface area (TPSA) is 58.4 Å². The van der Waals surface area contributed by atoms with E-state index in [0.717, 1.165) is 16.7 Å². The summed E-state index contributed by atoms with van der Waals surface area (Å²) >= 11 is 12.4. The van der Waals surface area contributed by atoms with Gasteiger partial charge < -0.3 is 9.73 Å². The highest BCUT2D eigenvalue weighted by molar-refractivity contribution is 6.35. The Morgan fingerprint density at radius 1 is 0.941 bits per heavy atom. The van der Waals surface area contributed by atoms with Gasteiger partial charge in [-0.15, -0.1) is 0 Å². The number of hydrogen-bond acceptors (Lipinski definition) is 4. The predicted molar refractivity (Wildman–Crippen MR) is 130 cm³/mol. The number of oxazole rings is 1. The Hall–Kier alpha value is -3.19. The second-order valence-corrected chi connectivity index (χ2v) is 8.65. The largest absolute Gasteiger partial charge is 0.447 e. The van der Waals surface area contributed by atoms with Crippen LogP contribution in [0.15, 0.2) is 83.5 Å². The fraction of sp³-hybridized carbons (Fsp3) is 0.154. The molecular formula is C26H22Cl2FN3O2. The summed E-state index contributed by atoms with van der Waals surface area (Å²) in [6.45, 7) is 1.69. The van der Waals surface area contributed by atoms with E-state index in [1.54, 1.807) is 24.3 Å². The molecule has 174 valence electrons. The van der Waals surface area contributed by atoms with Crippen molar-refractivity contribution < 1.29 is 13.6 Å². The number of nitrogens with zero attached hydrogens (tertiary/aromatic N) is 2. The highest BCUT2D eigenvalue weighted by Gasteiger charge is 2.17. The lowest BCUT2D eigenvalue weighted by molar-refractivity contribution is 0.0945. The van der Waals surface area contributed by atoms with E-state index in [-0.39, 0.29) is 17.4 Å². The quantitative estimate of drug-likeness (QED) is 0.296. The number of aromatic nitrogens is 1. The molecule has 0 bridgehead atoms. The molecule has 1 heterocycles. The van der Waals surface area contributed by atoms with E-state index in [9.17, 15) is 9.18 Å². The van der Waals surface area contributed by atoms with Crippen molar-refractivity contribution >= 4 is 29.1 Å². The van der Waals surface area contributed by atoms with Gasteiger partial charge in [-0.3, -0.25) is 9.69 Å². The van der Waals surface area contributed by atoms with Crippen molar-refractivity contribution in [1.82, 2.24) is 15.2 Å². The molecule has 0 unspecified atom stereocenters. The van der Waals surface area contributed by atoms with E-state index in [0.29, 0.717) is 42.1 Å². The van der Waals surface area contributed by atoms with E-state index in [1.807, 2.05) is 41.3 Å². The molecule has 4 rings (SSSR count). The molecule has 0 radical (unpaired) electrons. The lowest BCUT2D eigenvalue weighted by atomic mass is 10.1. The van der Waals surface area contributed by atoms with Gasteiger partial charge in [0.2, 0.25) is 5.89 Å². The van der Waals surface area contributed by atoms with Crippen LogP contribution in [0.5, 0.6) is 0 Å². The van der Waals surface area contributed by atoms with Crippen molar-refractivity contribution in [3.63, 3.8) is 0 Å². The van der Waals surface area contributed by atoms with Gasteiger partial charge in [0.1, 0.15) is 12.1 Å². The Bertz CT molecular complexity index is 1250. The van der Waals surface area contributed by atoms with Gasteiger partial charge in [-0.05, 0) is 41.0 Å². The van der Waals surface area contributed by atoms with Crippen LogP contribution in [0.25, 0.3) is 0 Å². The van der Waals surface area contributed by atoms with Gasteiger partial charge in [0, 0.05) is 29.7 Å². The van der Waals surface area contributed by atoms with Crippen molar-refractivity contribution in [2.45, 2.75) is 26.2 Å². The summed E-state index contributed by atoms with van der Waals surface area (Å²) in [5, 5.41) is 3.94. The molecule has 0 saturated carbocycles. The third-order valence-corrected chi connectivity index (χ3v) is 5.75. The first-order valence-electron chi connectivity index (χ1n) is 10.6. The molecule has 0 aliphatic rings. The number of benzene rings is 3. The number of halogens is 3. The Morgan fingerprint density at radius 3 is 2.44 bits per heavy atom. The van der Waals surface area contributed by atoms with Crippen LogP contribution in [-0.2, 0) is 26.2 Å². The molecule has 8 heteroatoms. The van der Waals surface area contributed by atoms with Crippen LogP contribution in [0.4, 0.5) is 4.39 Å². The molecule has 0 atom stereocenters. The molecule has 0 fully saturated rings. The fourth-order valence-corrected chi connectivity index (χ4v) is 3.92. The Labute approximate surface area is 207 Å². The molecule has 3 aromatic carbocycles. The smallest absolute Gasteiger partial charge is 0.273 e. The van der Waals surface area contributed by atoms with Gasteiger partial charge in [0.15, 0.2) is 5.69 Å². The van der Waals surface area contributed by atoms with Gasteiger partial charge in [-0.25, -0.2) is 9.37 Å². The van der Waals surface area contributed by atoms with E-state index >= 15 is 0 Å². The molecule has 1 aromatic heterocycles. The Kier molecular flexibility index (Phi) is 7.95. The maximum atomic E-state index is 13.4. The van der Waals surface area contributed by atoms with Crippen molar-refractivity contribution in [1.29, 1.82) is 0 Å². The molecule has 0 aliphatic heterocycles. The molecule has 0 spiro atoms. The highest BCUT2D eigenvalue weighted by atomic mass is 35.5. The number of hydrogen-bond donors (Lipinski definition) is 1. The standard InChI is InChI=1S/C26H22Cl2FN3O2/c27-21-9-8-20(23(28)12-21)15-32(14-19-6-10-22(29)11-7-19)16-25-31-24(17-34-25)26(33)30-13-18-4-2-1-3-5-18/h1-12,17H,13-16H2,(H,30,33). The van der Waals surface area contributed by atoms with E-state index in [1.165, 1.54) is 18.4 Å². The SMILES string of the molecule is O=C(NCc1ccccc1)c1coc(CN(Cc2ccc(F)cc2)Cc2ccc(Cl)cc2Cl)n1. The third kappa shape index (κ3) is 6.67. The second-order valence-electron chi connectivity index (χ2n) is 7.80. The average Bonchev–Trinajstić information content (AvgIpc) is 3.30. The fourth-order valence-electron chi connectivity index (χ4n) is 3.45. The van der Waals surface area contributed by atoms with Crippen molar-refractivity contribution in [3.05, 3.63) is 123 Å². The van der Waals surface area contributed by atoms with E-state index < -0.39 is 0 Å². The molecule has 5 nitrogen and oxygen atoms in total. The summed E-state index contributed by atoms with van der Waals surface area (Å²) in [6.07, 6.45) is 1.35. The lowest BCUT2D eigenvalue weighted by Gasteiger charge is -2.21. The number of nitrogens with one attached hydrogen (secondary N) is 1. The molecule has 34 heavy (non-hydrogen) atoms. The van der Waals surface area contributed by atoms with Gasteiger partial charge in [0.25, 0.3) is 5.91 Å². The second kappa shape index (κ2) is 11.3. The van der Waals surface area contributed by atoms with Crippen molar-refractivity contribution in [3.8, 4) is 0 Å². The first kappa shape index (κ1) is 24.0. The minimum atomic E-state index is -0.315. The average molecular weight is 498 g/mol. The molecule has 1 amide bonds. The van der Waals surface area contributed by atoms with Crippen LogP contribution < -0.4 is 5.32 Å². The number of carbonyl (C=O) groups excluding carboxylic acids is 1. The predicted octanol–water partition coefficient (Wildman–Crippen LogP) is 6.25. The van der Waals surface area contributed by atoms with Gasteiger partial charge in [-0.1, -0.05) is 71.7 Å². The van der Waals surface area contributed by atoms with Crippen molar-refractivity contribution in [2.75, 3.05) is 0 Å². The van der Waals surface area contributed by atoms with E-state index in [2.05, 4.69) is 10.3 Å². The minimum Gasteiger partial charge on any atom is -0.447 e. The van der Waals surface area contributed by atoms with Gasteiger partial charge in [0.05, 0.1) is 6.54 Å². The van der Waals surface area contributed by atoms with Gasteiger partial charge in [-0.2, -0.15) is 0 Å². The Morgan fingerprint density at radius 2 is 1.71 bits per heavy atom. The highest BCUT2D eigenvalue weighted by Crippen LogP contribution is 2.24. The van der Waals surface area contributed by atoms with Crippen LogP contribution in [0.1, 0.15) is 33.1 Å². The summed E-state index contributed by atoms with van der Waals surface area (Å²) in [5.74, 6) is -0.225. The normalized spacial score (nSPS) is 11.1. The summed E-state index contributed by atoms with van der Waals surface area (Å²) < 4.78 is 18.9. The zero-order valence-electron chi connectivity index (χ0n) is 18.2. The van der Waals surface area contributed by atoms with Gasteiger partial charge >= 0.3 is 0 Å². The Balaban J connectivity index is 1.46. The lowest BCUT2D eigenvalue weighted by Crippen LogP contribution is -2.24. The first-order valence-corrected chi connectivity index (χ1v) is 11.4. The van der Waals surface area contributed by atoms with Crippen molar-refractivity contribution in [2.24, 2.45) is 0 Å². The maximum Gasteiger partial charge on any atom is 0.273 e. The first-order chi connectivity index (χ1) is 16.5. The summed E-state index contributed by atoms with van der Waals surface area (Å²) in [7, 11) is 0. The minimum absolute atomic E-state index is 0.206. The third-order valence-electron chi connectivity index (χ3n) is 5.17. The maximum absolute atomic E-state index is 13.4. The summed E-state index contributed by atoms with van der Waals surface area (Å²) in [5.41, 5.74) is 2.99. The van der Waals surface area contributed by atoms with Crippen LogP contribution in [-0.4, -0.2) is 15.8 Å². The summed E-state index contributed by atoms with van der Waals surface area (Å²) in [6, 6.07) is 21.2. The molecular weight excluding hydrogens is 476 g/mol. The number of amides is 1. The monoisotopic (exact) mass is 497 g/mol. The van der Waals surface area contributed by atoms with Crippen LogP contribution in [0, 0.1) is 5.82 Å². The zero-order valence-corrected chi connectivity index (χ0v) is 19.7. The molecule has 1 N–H and O–H groups in total. The summed E-state index contributed by atoms with van der Waals surface area (Å²) in [4.78, 5) is 18.9. The zero-order chi connectivity index (χ0) is 23.9. The van der Waals surface area contributed by atoms with Crippen LogP contribution in [0.2, 0.25) is 10.0 Å². The molecule has 0 saturated heterocycles. The van der Waals surface area contributed by atoms with E-state index in [4.69, 9.17) is 27.6 Å². The van der Waals surface area contributed by atoms with Crippen LogP contribution >= 0.6 is 23.2 Å². The molecule has 0 aliphatic carbocycles. The number of rotatable bonds is 9. The van der Waals surface area contributed by atoms with Crippen LogP contribution in [0.3, 0.4) is 0 Å². The molecule has 4 aromatic rings. The number of carbonyl (C=O) groups is 1.